The minimum Gasteiger partial charge on any atom is -0.496 e. The minimum atomic E-state index is 0.551. The first kappa shape index (κ1) is 18.0. The Kier molecular flexibility index (Phi) is 5.27. The number of benzene rings is 1. The van der Waals surface area contributed by atoms with E-state index in [9.17, 15) is 0 Å². The molecule has 26 heavy (non-hydrogen) atoms. The lowest BCUT2D eigenvalue weighted by Crippen LogP contribution is -2.18. The van der Waals surface area contributed by atoms with Crippen molar-refractivity contribution in [3.05, 3.63) is 47.1 Å². The van der Waals surface area contributed by atoms with E-state index in [1.807, 2.05) is 39.1 Å². The van der Waals surface area contributed by atoms with Crippen molar-refractivity contribution in [2.24, 2.45) is 0 Å². The summed E-state index contributed by atoms with van der Waals surface area (Å²) in [5, 5.41) is 6.94. The van der Waals surface area contributed by atoms with Crippen molar-refractivity contribution in [2.75, 3.05) is 21.3 Å². The second-order valence-electron chi connectivity index (χ2n) is 6.25. The lowest BCUT2D eigenvalue weighted by molar-refractivity contribution is 0.309. The molecule has 0 amide bonds. The van der Waals surface area contributed by atoms with Crippen molar-refractivity contribution >= 4 is 0 Å². The Morgan fingerprint density at radius 3 is 2.58 bits per heavy atom. The molecule has 138 valence electrons. The highest BCUT2D eigenvalue weighted by Crippen LogP contribution is 2.38. The van der Waals surface area contributed by atoms with Crippen molar-refractivity contribution in [1.29, 1.82) is 0 Å². The van der Waals surface area contributed by atoms with Gasteiger partial charge in [0.15, 0.2) is 0 Å². The number of rotatable bonds is 7. The molecule has 1 N–H and O–H groups in total. The number of aromatic amines is 1. The molecule has 0 aliphatic heterocycles. The summed E-state index contributed by atoms with van der Waals surface area (Å²) in [7, 11) is 5.32. The van der Waals surface area contributed by atoms with Gasteiger partial charge < -0.3 is 13.9 Å². The van der Waals surface area contributed by atoms with Crippen LogP contribution in [0.1, 0.15) is 22.7 Å². The highest BCUT2D eigenvalue weighted by Gasteiger charge is 2.19. The van der Waals surface area contributed by atoms with Crippen LogP contribution in [0.4, 0.5) is 0 Å². The number of oxazole rings is 1. The largest absolute Gasteiger partial charge is 0.496 e. The van der Waals surface area contributed by atoms with Crippen LogP contribution in [0.2, 0.25) is 0 Å². The third-order valence-electron chi connectivity index (χ3n) is 4.32. The number of aryl methyl sites for hydroxylation is 1. The molecule has 2 aromatic heterocycles. The van der Waals surface area contributed by atoms with E-state index in [4.69, 9.17) is 18.9 Å². The van der Waals surface area contributed by atoms with Crippen LogP contribution in [-0.2, 0) is 13.1 Å². The number of hydrogen-bond acceptors (Lipinski definition) is 6. The fourth-order valence-corrected chi connectivity index (χ4v) is 2.99. The molecule has 0 atom stereocenters. The van der Waals surface area contributed by atoms with Gasteiger partial charge in [-0.1, -0.05) is 0 Å². The summed E-state index contributed by atoms with van der Waals surface area (Å²) in [6, 6.07) is 5.77. The summed E-state index contributed by atoms with van der Waals surface area (Å²) < 4.78 is 16.9. The zero-order valence-electron chi connectivity index (χ0n) is 15.8. The van der Waals surface area contributed by atoms with Gasteiger partial charge in [-0.2, -0.15) is 5.10 Å². The highest BCUT2D eigenvalue weighted by molar-refractivity contribution is 5.68. The Morgan fingerprint density at radius 1 is 1.12 bits per heavy atom. The van der Waals surface area contributed by atoms with Gasteiger partial charge >= 0.3 is 0 Å². The van der Waals surface area contributed by atoms with Gasteiger partial charge in [0.25, 0.3) is 0 Å². The third kappa shape index (κ3) is 3.57. The summed E-state index contributed by atoms with van der Waals surface area (Å²) in [4.78, 5) is 6.85. The van der Waals surface area contributed by atoms with E-state index in [1.165, 1.54) is 0 Å². The van der Waals surface area contributed by atoms with Crippen molar-refractivity contribution in [1.82, 2.24) is 20.1 Å². The fourth-order valence-electron chi connectivity index (χ4n) is 2.99. The van der Waals surface area contributed by atoms with Crippen LogP contribution >= 0.6 is 0 Å². The zero-order valence-corrected chi connectivity index (χ0v) is 15.8. The van der Waals surface area contributed by atoms with E-state index in [2.05, 4.69) is 15.1 Å². The van der Waals surface area contributed by atoms with E-state index >= 15 is 0 Å². The summed E-state index contributed by atoms with van der Waals surface area (Å²) >= 11 is 0. The molecule has 0 saturated carbocycles. The van der Waals surface area contributed by atoms with Crippen LogP contribution in [0.25, 0.3) is 11.5 Å². The number of nitrogens with one attached hydrogen (secondary N) is 1. The number of methoxy groups -OCH3 is 2. The monoisotopic (exact) mass is 356 g/mol. The lowest BCUT2D eigenvalue weighted by Gasteiger charge is -2.14. The van der Waals surface area contributed by atoms with E-state index in [0.29, 0.717) is 18.2 Å². The average molecular weight is 356 g/mol. The van der Waals surface area contributed by atoms with Crippen LogP contribution in [0.5, 0.6) is 11.5 Å². The normalized spacial score (nSPS) is 11.2. The molecule has 0 unspecified atom stereocenters. The maximum Gasteiger partial charge on any atom is 0.230 e. The summed E-state index contributed by atoms with van der Waals surface area (Å²) in [5.74, 6) is 2.83. The molecule has 0 fully saturated rings. The molecule has 7 nitrogen and oxygen atoms in total. The molecule has 0 radical (unpaired) electrons. The molecule has 0 aliphatic rings. The highest BCUT2D eigenvalue weighted by atomic mass is 16.5. The quantitative estimate of drug-likeness (QED) is 0.700. The minimum absolute atomic E-state index is 0.551. The Morgan fingerprint density at radius 2 is 1.92 bits per heavy atom. The van der Waals surface area contributed by atoms with Gasteiger partial charge in [-0.3, -0.25) is 10.00 Å². The molecule has 7 heteroatoms. The Bertz CT molecular complexity index is 871. The topological polar surface area (TPSA) is 76.4 Å². The van der Waals surface area contributed by atoms with Gasteiger partial charge in [0.1, 0.15) is 17.3 Å². The molecular weight excluding hydrogens is 332 g/mol. The van der Waals surface area contributed by atoms with Crippen molar-refractivity contribution in [3.63, 3.8) is 0 Å². The molecule has 0 bridgehead atoms. The molecule has 3 rings (SSSR count). The van der Waals surface area contributed by atoms with E-state index in [0.717, 1.165) is 40.6 Å². The molecule has 0 spiro atoms. The Hall–Kier alpha value is -2.80. The first-order valence-corrected chi connectivity index (χ1v) is 8.38. The van der Waals surface area contributed by atoms with Crippen LogP contribution in [0.15, 0.2) is 28.8 Å². The second-order valence-corrected chi connectivity index (χ2v) is 6.25. The fraction of sp³-hybridized carbons (Fsp3) is 0.368. The number of aromatic nitrogens is 3. The molecule has 0 aliphatic carbocycles. The van der Waals surface area contributed by atoms with Crippen molar-refractivity contribution < 1.29 is 13.9 Å². The maximum absolute atomic E-state index is 5.93. The van der Waals surface area contributed by atoms with Crippen LogP contribution in [-0.4, -0.2) is 41.3 Å². The standard InChI is InChI=1S/C19H24N4O3/c1-12-17(24-4)7-6-15(18(12)25-5)19-21-16(13(2)26-19)11-23(3)10-14-8-9-20-22-14/h6-9H,10-11H2,1-5H3,(H,20,22). The predicted molar refractivity (Wildman–Crippen MR) is 98.3 cm³/mol. The van der Waals surface area contributed by atoms with E-state index in [1.54, 1.807) is 20.4 Å². The molecule has 1 aromatic carbocycles. The number of ether oxygens (including phenoxy) is 2. The van der Waals surface area contributed by atoms with Crippen LogP contribution in [0.3, 0.4) is 0 Å². The van der Waals surface area contributed by atoms with E-state index in [-0.39, 0.29) is 0 Å². The van der Waals surface area contributed by atoms with E-state index < -0.39 is 0 Å². The predicted octanol–water partition coefficient (Wildman–Crippen LogP) is 3.33. The van der Waals surface area contributed by atoms with Gasteiger partial charge in [0.05, 0.1) is 25.5 Å². The SMILES string of the molecule is COc1ccc(-c2nc(CN(C)Cc3ccn[nH]3)c(C)o2)c(OC)c1C. The van der Waals surface area contributed by atoms with Crippen LogP contribution < -0.4 is 9.47 Å². The molecular formula is C19H24N4O3. The molecule has 2 heterocycles. The Balaban J connectivity index is 1.85. The van der Waals surface area contributed by atoms with Gasteiger partial charge in [-0.05, 0) is 39.1 Å². The lowest BCUT2D eigenvalue weighted by atomic mass is 10.1. The third-order valence-corrected chi connectivity index (χ3v) is 4.32. The average Bonchev–Trinajstić information content (AvgIpc) is 3.24. The second kappa shape index (κ2) is 7.61. The zero-order chi connectivity index (χ0) is 18.7. The number of H-pyrrole nitrogens is 1. The number of hydrogen-bond donors (Lipinski definition) is 1. The van der Waals surface area contributed by atoms with Crippen molar-refractivity contribution in [2.45, 2.75) is 26.9 Å². The smallest absolute Gasteiger partial charge is 0.230 e. The first-order valence-electron chi connectivity index (χ1n) is 8.38. The summed E-state index contributed by atoms with van der Waals surface area (Å²) in [6.07, 6.45) is 1.75. The molecule has 0 saturated heterocycles. The molecule has 3 aromatic rings. The first-order chi connectivity index (χ1) is 12.5. The van der Waals surface area contributed by atoms with Gasteiger partial charge in [0, 0.05) is 30.5 Å². The van der Waals surface area contributed by atoms with Crippen LogP contribution in [0, 0.1) is 13.8 Å². The summed E-state index contributed by atoms with van der Waals surface area (Å²) in [6.45, 7) is 5.31. The van der Waals surface area contributed by atoms with Gasteiger partial charge in [-0.15, -0.1) is 0 Å². The summed E-state index contributed by atoms with van der Waals surface area (Å²) in [5.41, 5.74) is 3.69. The van der Waals surface area contributed by atoms with Gasteiger partial charge in [0.2, 0.25) is 5.89 Å². The Labute approximate surface area is 152 Å². The number of nitrogens with zero attached hydrogens (tertiary/aromatic N) is 3. The maximum atomic E-state index is 5.93. The van der Waals surface area contributed by atoms with Gasteiger partial charge in [-0.25, -0.2) is 4.98 Å². The van der Waals surface area contributed by atoms with Crippen molar-refractivity contribution in [3.8, 4) is 23.0 Å².